The van der Waals surface area contributed by atoms with Crippen molar-refractivity contribution in [2.24, 2.45) is 5.92 Å². The molecule has 132 valence electrons. The van der Waals surface area contributed by atoms with Gasteiger partial charge in [0.15, 0.2) is 0 Å². The largest absolute Gasteiger partial charge is 0.353 e. The highest BCUT2D eigenvalue weighted by molar-refractivity contribution is 5.93. The Labute approximate surface area is 143 Å². The molecule has 0 aromatic carbocycles. The van der Waals surface area contributed by atoms with Crippen LogP contribution in [0.3, 0.4) is 0 Å². The number of hydrogen-bond donors (Lipinski definition) is 1. The molecule has 1 saturated carbocycles. The Morgan fingerprint density at radius 1 is 1.25 bits per heavy atom. The lowest BCUT2D eigenvalue weighted by molar-refractivity contribution is -0.126. The van der Waals surface area contributed by atoms with E-state index >= 15 is 0 Å². The minimum atomic E-state index is -0.0105. The molecule has 1 fully saturated rings. The molecule has 6 heteroatoms. The molecule has 2 heterocycles. The van der Waals surface area contributed by atoms with Crippen LogP contribution < -0.4 is 5.32 Å². The zero-order valence-electron chi connectivity index (χ0n) is 14.8. The summed E-state index contributed by atoms with van der Waals surface area (Å²) in [4.78, 5) is 31.2. The quantitative estimate of drug-likeness (QED) is 0.896. The van der Waals surface area contributed by atoms with Crippen molar-refractivity contribution in [3.05, 3.63) is 17.7 Å². The number of carbonyl (C=O) groups is 2. The second kappa shape index (κ2) is 7.36. The highest BCUT2D eigenvalue weighted by atomic mass is 16.2. The van der Waals surface area contributed by atoms with Crippen molar-refractivity contribution in [3.63, 3.8) is 0 Å². The number of nitrogens with one attached hydrogen (secondary N) is 1. The fourth-order valence-electron chi connectivity index (χ4n) is 3.91. The Kier molecular flexibility index (Phi) is 5.21. The third-order valence-electron chi connectivity index (χ3n) is 5.42. The first-order valence-corrected chi connectivity index (χ1v) is 9.27. The van der Waals surface area contributed by atoms with Crippen LogP contribution in [0.25, 0.3) is 0 Å². The van der Waals surface area contributed by atoms with Gasteiger partial charge >= 0.3 is 0 Å². The fourth-order valence-corrected chi connectivity index (χ4v) is 3.91. The average molecular weight is 332 g/mol. The maximum absolute atomic E-state index is 12.6. The summed E-state index contributed by atoms with van der Waals surface area (Å²) >= 11 is 0. The third-order valence-corrected chi connectivity index (χ3v) is 5.42. The lowest BCUT2D eigenvalue weighted by Gasteiger charge is -2.26. The molecule has 1 aromatic heterocycles. The van der Waals surface area contributed by atoms with Gasteiger partial charge in [-0.05, 0) is 39.5 Å². The van der Waals surface area contributed by atoms with Gasteiger partial charge in [0.2, 0.25) is 5.91 Å². The topological polar surface area (TPSA) is 67.2 Å². The minimum Gasteiger partial charge on any atom is -0.353 e. The molecular formula is C18H28N4O2. The standard InChI is InChI=1S/C18H28N4O2/c1-3-21(4-2)18(24)16-15-10-9-13(11-22(15)12-19-16)17(23)20-14-7-5-6-8-14/h12-14H,3-11H2,1-2H3,(H,20,23). The van der Waals surface area contributed by atoms with Crippen LogP contribution in [0.1, 0.15) is 62.1 Å². The van der Waals surface area contributed by atoms with Crippen LogP contribution in [-0.2, 0) is 17.8 Å². The molecule has 0 saturated heterocycles. The first kappa shape index (κ1) is 17.0. The van der Waals surface area contributed by atoms with Gasteiger partial charge in [0.25, 0.3) is 5.91 Å². The number of imidazole rings is 1. The summed E-state index contributed by atoms with van der Waals surface area (Å²) < 4.78 is 2.00. The predicted octanol–water partition coefficient (Wildman–Crippen LogP) is 1.99. The van der Waals surface area contributed by atoms with Crippen molar-refractivity contribution >= 4 is 11.8 Å². The molecular weight excluding hydrogens is 304 g/mol. The second-order valence-electron chi connectivity index (χ2n) is 6.90. The normalized spacial score (nSPS) is 20.7. The Bertz CT molecular complexity index is 600. The smallest absolute Gasteiger partial charge is 0.274 e. The van der Waals surface area contributed by atoms with Crippen LogP contribution >= 0.6 is 0 Å². The zero-order chi connectivity index (χ0) is 17.1. The Hall–Kier alpha value is -1.85. The van der Waals surface area contributed by atoms with E-state index in [0.717, 1.165) is 31.4 Å². The van der Waals surface area contributed by atoms with Crippen molar-refractivity contribution in [2.75, 3.05) is 13.1 Å². The molecule has 1 aliphatic carbocycles. The number of amides is 2. The Balaban J connectivity index is 1.66. The molecule has 1 atom stereocenters. The van der Waals surface area contributed by atoms with Crippen molar-refractivity contribution in [1.82, 2.24) is 19.8 Å². The van der Waals surface area contributed by atoms with Crippen LogP contribution in [0.2, 0.25) is 0 Å². The first-order chi connectivity index (χ1) is 11.6. The number of hydrogen-bond acceptors (Lipinski definition) is 3. The third kappa shape index (κ3) is 3.32. The molecule has 1 N–H and O–H groups in total. The summed E-state index contributed by atoms with van der Waals surface area (Å²) in [6, 6.07) is 0.362. The van der Waals surface area contributed by atoms with Gasteiger partial charge in [0, 0.05) is 25.7 Å². The lowest BCUT2D eigenvalue weighted by Crippen LogP contribution is -2.40. The monoisotopic (exact) mass is 332 g/mol. The van der Waals surface area contributed by atoms with Gasteiger partial charge in [0.1, 0.15) is 5.69 Å². The van der Waals surface area contributed by atoms with Gasteiger partial charge in [-0.25, -0.2) is 4.98 Å². The Morgan fingerprint density at radius 3 is 2.62 bits per heavy atom. The number of carbonyl (C=O) groups excluding carboxylic acids is 2. The number of rotatable bonds is 5. The van der Waals surface area contributed by atoms with E-state index in [2.05, 4.69) is 10.3 Å². The highest BCUT2D eigenvalue weighted by Crippen LogP contribution is 2.25. The van der Waals surface area contributed by atoms with Crippen LogP contribution in [-0.4, -0.2) is 45.4 Å². The van der Waals surface area contributed by atoms with E-state index in [1.54, 1.807) is 11.2 Å². The van der Waals surface area contributed by atoms with Crippen LogP contribution in [0.4, 0.5) is 0 Å². The predicted molar refractivity (Wildman–Crippen MR) is 91.7 cm³/mol. The highest BCUT2D eigenvalue weighted by Gasteiger charge is 2.30. The summed E-state index contributed by atoms with van der Waals surface area (Å²) in [5, 5.41) is 3.20. The molecule has 1 aliphatic heterocycles. The SMILES string of the molecule is CCN(CC)C(=O)c1ncn2c1CCC(C(=O)NC1CCCC1)C2. The summed E-state index contributed by atoms with van der Waals surface area (Å²) in [5.41, 5.74) is 1.55. The molecule has 0 bridgehead atoms. The summed E-state index contributed by atoms with van der Waals surface area (Å²) in [5.74, 6) is 0.157. The van der Waals surface area contributed by atoms with Crippen molar-refractivity contribution in [3.8, 4) is 0 Å². The van der Waals surface area contributed by atoms with E-state index in [0.29, 0.717) is 31.4 Å². The van der Waals surface area contributed by atoms with E-state index in [9.17, 15) is 9.59 Å². The molecule has 3 rings (SSSR count). The molecule has 1 unspecified atom stereocenters. The van der Waals surface area contributed by atoms with Gasteiger partial charge in [-0.15, -0.1) is 0 Å². The van der Waals surface area contributed by atoms with E-state index in [4.69, 9.17) is 0 Å². The molecule has 6 nitrogen and oxygen atoms in total. The van der Waals surface area contributed by atoms with Gasteiger partial charge in [-0.3, -0.25) is 9.59 Å². The summed E-state index contributed by atoms with van der Waals surface area (Å²) in [7, 11) is 0. The second-order valence-corrected chi connectivity index (χ2v) is 6.90. The summed E-state index contributed by atoms with van der Waals surface area (Å²) in [6.45, 7) is 5.97. The lowest BCUT2D eigenvalue weighted by atomic mass is 9.95. The molecule has 1 aromatic rings. The molecule has 2 amide bonds. The van der Waals surface area contributed by atoms with Gasteiger partial charge in [-0.2, -0.15) is 0 Å². The fraction of sp³-hybridized carbons (Fsp3) is 0.722. The van der Waals surface area contributed by atoms with Crippen molar-refractivity contribution < 1.29 is 9.59 Å². The van der Waals surface area contributed by atoms with E-state index in [1.165, 1.54) is 12.8 Å². The first-order valence-electron chi connectivity index (χ1n) is 9.27. The number of fused-ring (bicyclic) bond motifs is 1. The van der Waals surface area contributed by atoms with Gasteiger partial charge < -0.3 is 14.8 Å². The van der Waals surface area contributed by atoms with Crippen LogP contribution in [0.5, 0.6) is 0 Å². The number of nitrogens with zero attached hydrogens (tertiary/aromatic N) is 3. The van der Waals surface area contributed by atoms with Crippen molar-refractivity contribution in [2.45, 2.75) is 65.0 Å². The van der Waals surface area contributed by atoms with Crippen LogP contribution in [0, 0.1) is 5.92 Å². The number of aromatic nitrogens is 2. The van der Waals surface area contributed by atoms with E-state index in [1.807, 2.05) is 18.4 Å². The Morgan fingerprint density at radius 2 is 1.96 bits per heavy atom. The van der Waals surface area contributed by atoms with E-state index in [-0.39, 0.29) is 17.7 Å². The average Bonchev–Trinajstić information content (AvgIpc) is 3.24. The van der Waals surface area contributed by atoms with Gasteiger partial charge in [-0.1, -0.05) is 12.8 Å². The maximum Gasteiger partial charge on any atom is 0.274 e. The molecule has 0 radical (unpaired) electrons. The van der Waals surface area contributed by atoms with Crippen molar-refractivity contribution in [1.29, 1.82) is 0 Å². The zero-order valence-corrected chi connectivity index (χ0v) is 14.8. The summed E-state index contributed by atoms with van der Waals surface area (Å²) in [6.07, 6.45) is 7.92. The maximum atomic E-state index is 12.6. The molecule has 2 aliphatic rings. The minimum absolute atomic E-state index is 0.00241. The molecule has 24 heavy (non-hydrogen) atoms. The van der Waals surface area contributed by atoms with Crippen LogP contribution in [0.15, 0.2) is 6.33 Å². The van der Waals surface area contributed by atoms with Gasteiger partial charge in [0.05, 0.1) is 17.9 Å². The molecule has 0 spiro atoms. The van der Waals surface area contributed by atoms with E-state index < -0.39 is 0 Å².